The molecule has 0 aromatic heterocycles. The van der Waals surface area contributed by atoms with Crippen LogP contribution in [0.1, 0.15) is 67.1 Å². The SMILES string of the molecule is CN(C)C1C(O)=C(C(N)=O)[C@@H](O)[C@@]2(O)C(O)=C3C(=O)c4c(O)c(CNC(=O)C5CC5)cc(-c5ccc(C(C)(C)C)cc5)c4C[C@H]3C[C@@H]12. The Bertz CT molecular complexity index is 1750. The van der Waals surface area contributed by atoms with E-state index >= 15 is 0 Å². The van der Waals surface area contributed by atoms with E-state index in [9.17, 15) is 39.9 Å². The normalized spacial score (nSPS) is 27.4. The summed E-state index contributed by atoms with van der Waals surface area (Å²) in [6.45, 7) is 6.30. The average Bonchev–Trinajstić information content (AvgIpc) is 3.84. The molecule has 0 heterocycles. The molecule has 1 unspecified atom stereocenters. The van der Waals surface area contributed by atoms with Crippen LogP contribution in [-0.4, -0.2) is 79.9 Å². The molecule has 0 bridgehead atoms. The molecule has 4 aliphatic carbocycles. The Balaban J connectivity index is 1.52. The highest BCUT2D eigenvalue weighted by Crippen LogP contribution is 2.54. The second kappa shape index (κ2) is 11.2. The van der Waals surface area contributed by atoms with Crippen molar-refractivity contribution in [2.45, 2.75) is 76.2 Å². The second-order valence-corrected chi connectivity index (χ2v) is 14.7. The van der Waals surface area contributed by atoms with Gasteiger partial charge in [-0.05, 0) is 79.4 Å². The Kier molecular flexibility index (Phi) is 7.81. The lowest BCUT2D eigenvalue weighted by atomic mass is 9.58. The van der Waals surface area contributed by atoms with Gasteiger partial charge in [-0.1, -0.05) is 45.0 Å². The molecule has 0 spiro atoms. The van der Waals surface area contributed by atoms with Crippen molar-refractivity contribution < 1.29 is 39.9 Å². The fourth-order valence-corrected chi connectivity index (χ4v) is 7.76. The van der Waals surface area contributed by atoms with Crippen LogP contribution in [0.3, 0.4) is 0 Å². The molecule has 0 saturated heterocycles. The lowest BCUT2D eigenvalue weighted by Crippen LogP contribution is -2.65. The van der Waals surface area contributed by atoms with Crippen LogP contribution >= 0.6 is 0 Å². The first-order chi connectivity index (χ1) is 22.0. The maximum absolute atomic E-state index is 14.5. The summed E-state index contributed by atoms with van der Waals surface area (Å²) in [5.74, 6) is -5.44. The Morgan fingerprint density at radius 3 is 2.28 bits per heavy atom. The molecule has 6 rings (SSSR count). The Hall–Kier alpha value is -4.19. The number of carbonyl (C=O) groups excluding carboxylic acids is 3. The number of ketones is 1. The van der Waals surface area contributed by atoms with Gasteiger partial charge in [0.15, 0.2) is 11.4 Å². The number of aliphatic hydroxyl groups is 4. The number of nitrogens with one attached hydrogen (secondary N) is 1. The third kappa shape index (κ3) is 5.12. The van der Waals surface area contributed by atoms with Crippen LogP contribution in [0.15, 0.2) is 53.0 Å². The summed E-state index contributed by atoms with van der Waals surface area (Å²) < 4.78 is 0. The molecule has 0 radical (unpaired) electrons. The van der Waals surface area contributed by atoms with E-state index in [2.05, 4.69) is 26.1 Å². The lowest BCUT2D eigenvalue weighted by Gasteiger charge is -2.53. The third-order valence-corrected chi connectivity index (χ3v) is 10.5. The van der Waals surface area contributed by atoms with Gasteiger partial charge < -0.3 is 36.6 Å². The minimum atomic E-state index is -2.53. The quantitative estimate of drug-likeness (QED) is 0.247. The van der Waals surface area contributed by atoms with Gasteiger partial charge in [0.05, 0.1) is 17.2 Å². The molecule has 1 fully saturated rings. The van der Waals surface area contributed by atoms with Gasteiger partial charge in [0.2, 0.25) is 5.91 Å². The largest absolute Gasteiger partial charge is 0.510 e. The van der Waals surface area contributed by atoms with Gasteiger partial charge in [-0.15, -0.1) is 0 Å². The van der Waals surface area contributed by atoms with E-state index in [-0.39, 0.29) is 53.5 Å². The highest BCUT2D eigenvalue weighted by Gasteiger charge is 2.63. The molecule has 47 heavy (non-hydrogen) atoms. The summed E-state index contributed by atoms with van der Waals surface area (Å²) in [5, 5.41) is 60.6. The van der Waals surface area contributed by atoms with E-state index in [1.165, 1.54) is 0 Å². The summed E-state index contributed by atoms with van der Waals surface area (Å²) >= 11 is 0. The number of amides is 2. The number of hydrogen-bond donors (Lipinski definition) is 7. The van der Waals surface area contributed by atoms with Gasteiger partial charge in [-0.2, -0.15) is 0 Å². The van der Waals surface area contributed by atoms with Crippen LogP contribution < -0.4 is 11.1 Å². The summed E-state index contributed by atoms with van der Waals surface area (Å²) in [6, 6.07) is 8.72. The maximum atomic E-state index is 14.5. The molecule has 11 nitrogen and oxygen atoms in total. The molecule has 1 saturated carbocycles. The van der Waals surface area contributed by atoms with E-state index in [1.807, 2.05) is 24.3 Å². The highest BCUT2D eigenvalue weighted by molar-refractivity contribution is 6.15. The Morgan fingerprint density at radius 2 is 1.72 bits per heavy atom. The van der Waals surface area contributed by atoms with Crippen molar-refractivity contribution in [1.82, 2.24) is 10.2 Å². The topological polar surface area (TPSA) is 194 Å². The van der Waals surface area contributed by atoms with Crippen molar-refractivity contribution in [2.75, 3.05) is 14.1 Å². The highest BCUT2D eigenvalue weighted by atomic mass is 16.4. The van der Waals surface area contributed by atoms with E-state index in [4.69, 9.17) is 5.73 Å². The number of carbonyl (C=O) groups is 3. The van der Waals surface area contributed by atoms with Gasteiger partial charge in [0.1, 0.15) is 23.4 Å². The number of primary amides is 1. The fourth-order valence-electron chi connectivity index (χ4n) is 7.76. The number of phenols is 1. The number of benzene rings is 2. The first kappa shape index (κ1) is 32.7. The molecule has 11 heteroatoms. The van der Waals surface area contributed by atoms with E-state index in [0.29, 0.717) is 16.7 Å². The number of nitrogens with zero attached hydrogens (tertiary/aromatic N) is 1. The molecular formula is C36H43N3O8. The monoisotopic (exact) mass is 645 g/mol. The molecule has 2 amide bonds. The maximum Gasteiger partial charge on any atom is 0.250 e. The predicted molar refractivity (Wildman–Crippen MR) is 173 cm³/mol. The van der Waals surface area contributed by atoms with Crippen molar-refractivity contribution in [1.29, 1.82) is 0 Å². The first-order valence-electron chi connectivity index (χ1n) is 16.0. The molecule has 2 aromatic carbocycles. The average molecular weight is 646 g/mol. The van der Waals surface area contributed by atoms with Gasteiger partial charge in [-0.25, -0.2) is 0 Å². The van der Waals surface area contributed by atoms with Crippen LogP contribution in [0.4, 0.5) is 0 Å². The number of phenolic OH excluding ortho intramolecular Hbond substituents is 1. The van der Waals surface area contributed by atoms with Crippen molar-refractivity contribution >= 4 is 17.6 Å². The van der Waals surface area contributed by atoms with E-state index in [0.717, 1.165) is 24.0 Å². The first-order valence-corrected chi connectivity index (χ1v) is 16.0. The van der Waals surface area contributed by atoms with Gasteiger partial charge in [0, 0.05) is 29.5 Å². The molecular weight excluding hydrogens is 602 g/mol. The Morgan fingerprint density at radius 1 is 1.09 bits per heavy atom. The molecule has 0 aliphatic heterocycles. The zero-order chi connectivity index (χ0) is 34.3. The number of Topliss-reactive ketones (excluding diaryl/α,β-unsaturated/α-hetero) is 1. The number of nitrogens with two attached hydrogens (primary N) is 1. The number of hydrogen-bond acceptors (Lipinski definition) is 9. The zero-order valence-corrected chi connectivity index (χ0v) is 27.3. The number of fused-ring (bicyclic) bond motifs is 3. The number of aromatic hydroxyl groups is 1. The van der Waals surface area contributed by atoms with Crippen molar-refractivity contribution in [3.05, 3.63) is 75.3 Å². The van der Waals surface area contributed by atoms with Crippen molar-refractivity contribution in [3.63, 3.8) is 0 Å². The summed E-state index contributed by atoms with van der Waals surface area (Å²) in [6.07, 6.45) is -0.266. The van der Waals surface area contributed by atoms with Gasteiger partial charge >= 0.3 is 0 Å². The van der Waals surface area contributed by atoms with Crippen LogP contribution in [0.2, 0.25) is 0 Å². The number of rotatable bonds is 6. The lowest BCUT2D eigenvalue weighted by molar-refractivity contribution is -0.143. The second-order valence-electron chi connectivity index (χ2n) is 14.7. The fraction of sp³-hybridized carbons (Fsp3) is 0.472. The van der Waals surface area contributed by atoms with Crippen molar-refractivity contribution in [3.8, 4) is 16.9 Å². The van der Waals surface area contributed by atoms with Crippen LogP contribution in [-0.2, 0) is 28.0 Å². The van der Waals surface area contributed by atoms with Crippen LogP contribution in [0, 0.1) is 17.8 Å². The van der Waals surface area contributed by atoms with E-state index in [1.54, 1.807) is 25.1 Å². The van der Waals surface area contributed by atoms with E-state index < -0.39 is 58.4 Å². The summed E-state index contributed by atoms with van der Waals surface area (Å²) in [7, 11) is 3.24. The smallest absolute Gasteiger partial charge is 0.250 e. The molecule has 5 atom stereocenters. The molecule has 8 N–H and O–H groups in total. The Labute approximate surface area is 273 Å². The standard InChI is InChI=1S/C36H43N3O8/c1-35(2,3)20-10-8-16(9-11-20)21-13-19(15-38-34(46)17-6-7-17)28(40)25-22(21)12-18-14-23-27(39(4)5)30(42)26(33(37)45)32(44)36(23,47)31(43)24(18)29(25)41/h8-11,13,17-18,23,27,32,40,42-44,47H,6-7,12,14-15H2,1-5H3,(H2,37,45)(H,38,46)/t18-,23-,27?,32+,36-/m0/s1. The minimum Gasteiger partial charge on any atom is -0.510 e. The van der Waals surface area contributed by atoms with Gasteiger partial charge in [-0.3, -0.25) is 19.3 Å². The minimum absolute atomic E-state index is 0.0233. The zero-order valence-electron chi connectivity index (χ0n) is 27.3. The summed E-state index contributed by atoms with van der Waals surface area (Å²) in [5.41, 5.74) is 5.46. The van der Waals surface area contributed by atoms with Crippen LogP contribution in [0.5, 0.6) is 5.75 Å². The summed E-state index contributed by atoms with van der Waals surface area (Å²) in [4.78, 5) is 40.9. The van der Waals surface area contributed by atoms with Crippen molar-refractivity contribution in [2.24, 2.45) is 23.5 Å². The number of allylic oxidation sites excluding steroid dienone is 1. The molecule has 250 valence electrons. The number of likely N-dealkylation sites (N-methyl/N-ethyl adjacent to an activating group) is 1. The third-order valence-electron chi connectivity index (χ3n) is 10.5. The molecule has 2 aromatic rings. The molecule has 4 aliphatic rings. The number of aliphatic hydroxyl groups excluding tert-OH is 3. The van der Waals surface area contributed by atoms with Gasteiger partial charge in [0.25, 0.3) is 5.91 Å². The van der Waals surface area contributed by atoms with Crippen LogP contribution in [0.25, 0.3) is 11.1 Å². The predicted octanol–water partition coefficient (Wildman–Crippen LogP) is 2.90.